The van der Waals surface area contributed by atoms with Gasteiger partial charge in [0.25, 0.3) is 0 Å². The Hall–Kier alpha value is -2.53. The van der Waals surface area contributed by atoms with Gasteiger partial charge in [0.2, 0.25) is 0 Å². The van der Waals surface area contributed by atoms with Gasteiger partial charge in [-0.25, -0.2) is 4.79 Å². The molecule has 1 amide bonds. The fourth-order valence-corrected chi connectivity index (χ4v) is 6.37. The number of likely N-dealkylation sites (tertiary alicyclic amines) is 1. The summed E-state index contributed by atoms with van der Waals surface area (Å²) in [5.74, 6) is 1.24. The molecule has 0 spiro atoms. The maximum atomic E-state index is 12.4. The van der Waals surface area contributed by atoms with Gasteiger partial charge in [-0.05, 0) is 60.9 Å². The summed E-state index contributed by atoms with van der Waals surface area (Å²) in [7, 11) is 2.20. The molecule has 3 aliphatic rings. The number of nitrogens with zero attached hydrogens (tertiary/aromatic N) is 2. The zero-order valence-electron chi connectivity index (χ0n) is 20.1. The minimum Gasteiger partial charge on any atom is -0.410 e. The van der Waals surface area contributed by atoms with Crippen LogP contribution in [0.2, 0.25) is 0 Å². The molecule has 1 saturated heterocycles. The zero-order valence-corrected chi connectivity index (χ0v) is 20.1. The maximum absolute atomic E-state index is 12.4. The number of nitrogens with one attached hydrogen (secondary N) is 1. The van der Waals surface area contributed by atoms with Crippen LogP contribution in [0, 0.1) is 5.92 Å². The van der Waals surface area contributed by atoms with Gasteiger partial charge in [0.05, 0.1) is 6.17 Å². The Morgan fingerprint density at radius 2 is 1.91 bits per heavy atom. The third-order valence-electron chi connectivity index (χ3n) is 8.17. The summed E-state index contributed by atoms with van der Waals surface area (Å²) in [6.07, 6.45) is 8.50. The van der Waals surface area contributed by atoms with Crippen molar-refractivity contribution in [1.82, 2.24) is 10.2 Å². The molecule has 2 heterocycles. The van der Waals surface area contributed by atoms with Crippen LogP contribution in [-0.2, 0) is 11.8 Å². The van der Waals surface area contributed by atoms with Gasteiger partial charge < -0.3 is 15.0 Å². The Morgan fingerprint density at radius 3 is 2.70 bits per heavy atom. The second-order valence-electron chi connectivity index (χ2n) is 10.4. The number of carbonyl (C=O) groups excluding carboxylic acids is 1. The van der Waals surface area contributed by atoms with Crippen LogP contribution in [0.1, 0.15) is 56.6 Å². The Bertz CT molecular complexity index is 972. The maximum Gasteiger partial charge on any atom is 0.412 e. The van der Waals surface area contributed by atoms with Crippen molar-refractivity contribution in [3.8, 4) is 5.75 Å². The molecule has 1 saturated carbocycles. The molecule has 5 nitrogen and oxygen atoms in total. The first-order valence-electron chi connectivity index (χ1n) is 12.7. The largest absolute Gasteiger partial charge is 0.412 e. The van der Waals surface area contributed by atoms with Gasteiger partial charge in [0, 0.05) is 37.8 Å². The van der Waals surface area contributed by atoms with Crippen LogP contribution < -0.4 is 15.0 Å². The number of rotatable bonds is 6. The molecule has 0 radical (unpaired) electrons. The molecule has 2 aromatic rings. The summed E-state index contributed by atoms with van der Waals surface area (Å²) < 4.78 is 5.71. The van der Waals surface area contributed by atoms with E-state index in [1.807, 2.05) is 6.07 Å². The molecule has 1 N–H and O–H groups in total. The molecule has 2 aromatic carbocycles. The van der Waals surface area contributed by atoms with Crippen LogP contribution in [0.3, 0.4) is 0 Å². The van der Waals surface area contributed by atoms with Crippen LogP contribution in [0.25, 0.3) is 0 Å². The third-order valence-corrected chi connectivity index (χ3v) is 8.17. The molecule has 1 aliphatic carbocycles. The first kappa shape index (κ1) is 22.3. The summed E-state index contributed by atoms with van der Waals surface area (Å²) >= 11 is 0. The van der Waals surface area contributed by atoms with Crippen molar-refractivity contribution in [2.45, 2.75) is 63.5 Å². The highest BCUT2D eigenvalue weighted by atomic mass is 16.6. The van der Waals surface area contributed by atoms with Gasteiger partial charge in [0.15, 0.2) is 0 Å². The Kier molecular flexibility index (Phi) is 6.33. The topological polar surface area (TPSA) is 44.8 Å². The third kappa shape index (κ3) is 4.48. The van der Waals surface area contributed by atoms with E-state index >= 15 is 0 Å². The molecule has 2 atom stereocenters. The molecular formula is C28H37N3O2. The SMILES string of the molecule is CN1c2ccc(OC(=O)NCC3CCCCC3)cc2[C@]2(C)CCN(CCc3ccccc3)[C@H]12. The van der Waals surface area contributed by atoms with Crippen LogP contribution in [0.4, 0.5) is 10.5 Å². The number of likely N-dealkylation sites (N-methyl/N-ethyl adjacent to an activating group) is 1. The number of benzene rings is 2. The van der Waals surface area contributed by atoms with E-state index in [4.69, 9.17) is 4.74 Å². The first-order chi connectivity index (χ1) is 16.0. The van der Waals surface area contributed by atoms with Gasteiger partial charge >= 0.3 is 6.09 Å². The van der Waals surface area contributed by atoms with E-state index < -0.39 is 0 Å². The number of anilines is 1. The summed E-state index contributed by atoms with van der Waals surface area (Å²) in [4.78, 5) is 17.5. The number of carbonyl (C=O) groups is 1. The molecular weight excluding hydrogens is 410 g/mol. The van der Waals surface area contributed by atoms with Gasteiger partial charge in [-0.15, -0.1) is 0 Å². The molecule has 5 heteroatoms. The normalized spacial score (nSPS) is 25.0. The standard InChI is InChI=1S/C28H37N3O2/c1-28-16-18-31(17-15-21-9-5-3-6-10-21)26(28)30(2)25-14-13-23(19-24(25)28)33-27(32)29-20-22-11-7-4-8-12-22/h3,5-6,9-10,13-14,19,22,26H,4,7-8,11-12,15-18,20H2,1-2H3,(H,29,32)/t26-,28-/m0/s1. The van der Waals surface area contributed by atoms with Crippen LogP contribution in [0.5, 0.6) is 5.75 Å². The van der Waals surface area contributed by atoms with Crippen molar-refractivity contribution in [2.24, 2.45) is 5.92 Å². The molecule has 2 fully saturated rings. The predicted octanol–water partition coefficient (Wildman–Crippen LogP) is 5.34. The monoisotopic (exact) mass is 447 g/mol. The number of amides is 1. The second kappa shape index (κ2) is 9.38. The molecule has 2 aliphatic heterocycles. The highest BCUT2D eigenvalue weighted by Crippen LogP contribution is 2.52. The zero-order chi connectivity index (χ0) is 22.8. The molecule has 176 valence electrons. The summed E-state index contributed by atoms with van der Waals surface area (Å²) in [6, 6.07) is 16.9. The lowest BCUT2D eigenvalue weighted by atomic mass is 9.81. The molecule has 5 rings (SSSR count). The summed E-state index contributed by atoms with van der Waals surface area (Å²) in [5, 5.41) is 2.99. The van der Waals surface area contributed by atoms with Crippen molar-refractivity contribution < 1.29 is 9.53 Å². The van der Waals surface area contributed by atoms with E-state index in [0.29, 0.717) is 17.8 Å². The van der Waals surface area contributed by atoms with Crippen molar-refractivity contribution in [3.63, 3.8) is 0 Å². The van der Waals surface area contributed by atoms with E-state index in [-0.39, 0.29) is 11.5 Å². The smallest absolute Gasteiger partial charge is 0.410 e. The molecule has 0 bridgehead atoms. The number of hydrogen-bond donors (Lipinski definition) is 1. The second-order valence-corrected chi connectivity index (χ2v) is 10.4. The van der Waals surface area contributed by atoms with Crippen molar-refractivity contribution >= 4 is 11.8 Å². The molecule has 33 heavy (non-hydrogen) atoms. The number of fused-ring (bicyclic) bond motifs is 3. The van der Waals surface area contributed by atoms with E-state index in [9.17, 15) is 4.79 Å². The van der Waals surface area contributed by atoms with Crippen LogP contribution >= 0.6 is 0 Å². The quantitative estimate of drug-likeness (QED) is 0.649. The predicted molar refractivity (Wildman–Crippen MR) is 133 cm³/mol. The Balaban J connectivity index is 1.24. The lowest BCUT2D eigenvalue weighted by Gasteiger charge is -2.34. The van der Waals surface area contributed by atoms with E-state index in [1.54, 1.807) is 0 Å². The van der Waals surface area contributed by atoms with Crippen molar-refractivity contribution in [2.75, 3.05) is 31.6 Å². The van der Waals surface area contributed by atoms with Gasteiger partial charge in [-0.3, -0.25) is 4.90 Å². The highest BCUT2D eigenvalue weighted by Gasteiger charge is 2.53. The Morgan fingerprint density at radius 1 is 1.12 bits per heavy atom. The van der Waals surface area contributed by atoms with Gasteiger partial charge in [-0.2, -0.15) is 0 Å². The van der Waals surface area contributed by atoms with Crippen LogP contribution in [-0.4, -0.2) is 43.8 Å². The van der Waals surface area contributed by atoms with E-state index in [2.05, 4.69) is 71.6 Å². The average Bonchev–Trinajstić information content (AvgIpc) is 3.29. The van der Waals surface area contributed by atoms with Crippen LogP contribution in [0.15, 0.2) is 48.5 Å². The number of hydrogen-bond acceptors (Lipinski definition) is 4. The lowest BCUT2D eigenvalue weighted by molar-refractivity contribution is 0.196. The lowest BCUT2D eigenvalue weighted by Crippen LogP contribution is -2.47. The number of ether oxygens (including phenoxy) is 1. The van der Waals surface area contributed by atoms with Crippen molar-refractivity contribution in [1.29, 1.82) is 0 Å². The molecule has 0 unspecified atom stereocenters. The molecule has 0 aromatic heterocycles. The minimum atomic E-state index is -0.329. The van der Waals surface area contributed by atoms with E-state index in [0.717, 1.165) is 32.5 Å². The highest BCUT2D eigenvalue weighted by molar-refractivity contribution is 5.72. The van der Waals surface area contributed by atoms with Gasteiger partial charge in [0.1, 0.15) is 5.75 Å². The van der Waals surface area contributed by atoms with Crippen molar-refractivity contribution in [3.05, 3.63) is 59.7 Å². The van der Waals surface area contributed by atoms with Gasteiger partial charge in [-0.1, -0.05) is 56.5 Å². The summed E-state index contributed by atoms with van der Waals surface area (Å²) in [6.45, 7) is 5.23. The average molecular weight is 448 g/mol. The van der Waals surface area contributed by atoms with E-state index in [1.165, 1.54) is 48.9 Å². The summed E-state index contributed by atoms with van der Waals surface area (Å²) in [5.41, 5.74) is 3.98. The fraction of sp³-hybridized carbons (Fsp3) is 0.536. The fourth-order valence-electron chi connectivity index (χ4n) is 6.37. The Labute approximate surface area is 198 Å². The minimum absolute atomic E-state index is 0.0404. The first-order valence-corrected chi connectivity index (χ1v) is 12.7.